The number of ether oxygens (including phenoxy) is 3. The van der Waals surface area contributed by atoms with Crippen LogP contribution in [0, 0.1) is 29.0 Å². The lowest BCUT2D eigenvalue weighted by Crippen LogP contribution is -2.55. The molecule has 3 saturated heterocycles. The number of carboxylic acid groups (broad SMARTS) is 1. The van der Waals surface area contributed by atoms with Gasteiger partial charge in [0.05, 0.1) is 29.6 Å². The van der Waals surface area contributed by atoms with Crippen LogP contribution in [0.5, 0.6) is 11.8 Å². The van der Waals surface area contributed by atoms with Crippen LogP contribution < -0.4 is 19.7 Å². The minimum atomic E-state index is -2.30. The number of halogens is 2. The highest BCUT2D eigenvalue weighted by Crippen LogP contribution is 2.43. The molecule has 12 nitrogen and oxygen atoms in total. The maximum absolute atomic E-state index is 17.6. The largest absolute Gasteiger partial charge is 0.468 e. The summed E-state index contributed by atoms with van der Waals surface area (Å²) in [6.45, 7) is 21.0. The van der Waals surface area contributed by atoms with Crippen LogP contribution in [0.15, 0.2) is 30.5 Å². The number of carbonyl (C=O) groups is 1. The molecule has 3 aliphatic heterocycles. The van der Waals surface area contributed by atoms with Crippen LogP contribution in [-0.4, -0.2) is 122 Å². The molecule has 3 aliphatic rings. The van der Waals surface area contributed by atoms with Crippen molar-refractivity contribution in [3.05, 3.63) is 47.7 Å². The van der Waals surface area contributed by atoms with E-state index >= 15 is 8.78 Å². The first kappa shape index (κ1) is 43.5. The Labute approximate surface area is 353 Å². The van der Waals surface area contributed by atoms with Crippen LogP contribution in [0.25, 0.3) is 32.9 Å². The molecule has 2 aromatic heterocycles. The molecule has 0 radical (unpaired) electrons. The maximum atomic E-state index is 17.6. The number of methoxy groups -OCH3 is 1. The van der Waals surface area contributed by atoms with Gasteiger partial charge in [0.2, 0.25) is 0 Å². The molecule has 4 aromatic rings. The highest BCUT2D eigenvalue weighted by molar-refractivity contribution is 6.90. The van der Waals surface area contributed by atoms with Gasteiger partial charge < -0.3 is 34.4 Å². The minimum Gasteiger partial charge on any atom is -0.468 e. The SMILES string of the molecule is COCOc1cc(-c2ncc3c(N4CC5CCC(C4)N5C(=O)O)nc(OC[C@H](C)CN4CCNCC4)nc3c2F)c2c(C#C[Si](C(C)C)(C(C)C)C(C)C)c(F)ccc2c1. The normalized spacial score (nSPS) is 19.1. The molecule has 0 aliphatic carbocycles. The molecule has 2 aromatic carbocycles. The second-order valence-electron chi connectivity index (χ2n) is 17.6. The molecule has 2 bridgehead atoms. The molecule has 7 rings (SSSR count). The summed E-state index contributed by atoms with van der Waals surface area (Å²) in [5.74, 6) is 3.05. The summed E-state index contributed by atoms with van der Waals surface area (Å²) in [4.78, 5) is 32.4. The lowest BCUT2D eigenvalue weighted by molar-refractivity contribution is 0.0512. The number of benzene rings is 2. The Morgan fingerprint density at radius 2 is 1.67 bits per heavy atom. The highest BCUT2D eigenvalue weighted by atomic mass is 28.3. The van der Waals surface area contributed by atoms with Crippen molar-refractivity contribution in [3.63, 3.8) is 0 Å². The third-order valence-corrected chi connectivity index (χ3v) is 19.1. The van der Waals surface area contributed by atoms with Gasteiger partial charge in [-0.1, -0.05) is 60.5 Å². The monoisotopic (exact) mass is 843 g/mol. The molecule has 0 saturated carbocycles. The van der Waals surface area contributed by atoms with Crippen molar-refractivity contribution < 1.29 is 32.9 Å². The molecule has 3 atom stereocenters. The molecule has 15 heteroatoms. The average molecular weight is 844 g/mol. The van der Waals surface area contributed by atoms with Gasteiger partial charge in [-0.05, 0) is 53.1 Å². The zero-order valence-electron chi connectivity index (χ0n) is 36.1. The van der Waals surface area contributed by atoms with Crippen LogP contribution in [0.1, 0.15) is 66.9 Å². The zero-order valence-corrected chi connectivity index (χ0v) is 37.1. The van der Waals surface area contributed by atoms with Crippen molar-refractivity contribution >= 4 is 41.7 Å². The summed E-state index contributed by atoms with van der Waals surface area (Å²) in [6.07, 6.45) is 2.07. The van der Waals surface area contributed by atoms with Crippen molar-refractivity contribution in [2.45, 2.75) is 90.0 Å². The van der Waals surface area contributed by atoms with Gasteiger partial charge >= 0.3 is 12.1 Å². The quantitative estimate of drug-likeness (QED) is 0.0775. The van der Waals surface area contributed by atoms with Crippen LogP contribution in [-0.2, 0) is 4.74 Å². The van der Waals surface area contributed by atoms with Crippen LogP contribution in [0.3, 0.4) is 0 Å². The number of nitrogens with zero attached hydrogens (tertiary/aromatic N) is 6. The van der Waals surface area contributed by atoms with E-state index in [0.717, 1.165) is 45.6 Å². The van der Waals surface area contributed by atoms with E-state index in [1.54, 1.807) is 24.4 Å². The molecular weight excluding hydrogens is 785 g/mol. The van der Waals surface area contributed by atoms with Crippen molar-refractivity contribution in [2.75, 3.05) is 71.2 Å². The number of pyridine rings is 1. The van der Waals surface area contributed by atoms with Gasteiger partial charge in [-0.3, -0.25) is 9.88 Å². The molecule has 2 unspecified atom stereocenters. The fraction of sp³-hybridized carbons (Fsp3) is 0.556. The first-order valence-electron chi connectivity index (χ1n) is 21.3. The third-order valence-electron chi connectivity index (χ3n) is 12.8. The number of aromatic nitrogens is 3. The second kappa shape index (κ2) is 18.2. The topological polar surface area (TPSA) is 125 Å². The fourth-order valence-corrected chi connectivity index (χ4v) is 15.3. The van der Waals surface area contributed by atoms with Crippen molar-refractivity contribution in [2.24, 2.45) is 5.92 Å². The molecule has 2 N–H and O–H groups in total. The van der Waals surface area contributed by atoms with Crippen molar-refractivity contribution in [1.29, 1.82) is 0 Å². The van der Waals surface area contributed by atoms with Gasteiger partial charge in [-0.2, -0.15) is 9.97 Å². The molecule has 3 fully saturated rings. The van der Waals surface area contributed by atoms with Gasteiger partial charge in [0.15, 0.2) is 12.6 Å². The van der Waals surface area contributed by atoms with Crippen molar-refractivity contribution in [3.8, 4) is 34.5 Å². The molecule has 0 spiro atoms. The Morgan fingerprint density at radius 3 is 2.30 bits per heavy atom. The number of amides is 1. The predicted molar refractivity (Wildman–Crippen MR) is 233 cm³/mol. The fourth-order valence-electron chi connectivity index (χ4n) is 10.0. The van der Waals surface area contributed by atoms with Crippen LogP contribution in [0.2, 0.25) is 16.6 Å². The van der Waals surface area contributed by atoms with E-state index in [9.17, 15) is 9.90 Å². The Balaban J connectivity index is 1.39. The number of nitrogens with one attached hydrogen (secondary N) is 1. The van der Waals surface area contributed by atoms with Gasteiger partial charge in [0, 0.05) is 76.0 Å². The molecule has 1 amide bonds. The van der Waals surface area contributed by atoms with E-state index in [0.29, 0.717) is 69.6 Å². The second-order valence-corrected chi connectivity index (χ2v) is 23.2. The maximum Gasteiger partial charge on any atom is 0.407 e. The number of anilines is 1. The summed E-state index contributed by atoms with van der Waals surface area (Å²) < 4.78 is 51.3. The Hall–Kier alpha value is -4.62. The predicted octanol–water partition coefficient (Wildman–Crippen LogP) is 7.93. The summed E-state index contributed by atoms with van der Waals surface area (Å²) in [5.41, 5.74) is 5.03. The van der Waals surface area contributed by atoms with Gasteiger partial charge in [0.1, 0.15) is 36.7 Å². The third kappa shape index (κ3) is 8.48. The van der Waals surface area contributed by atoms with E-state index in [2.05, 4.69) is 70.1 Å². The number of piperazine rings is 2. The number of fused-ring (bicyclic) bond motifs is 4. The van der Waals surface area contributed by atoms with E-state index in [1.807, 2.05) is 4.90 Å². The Kier molecular flexibility index (Phi) is 13.2. The molecule has 322 valence electrons. The lowest BCUT2D eigenvalue weighted by atomic mass is 9.95. The van der Waals surface area contributed by atoms with Crippen LogP contribution >= 0.6 is 0 Å². The number of rotatable bonds is 13. The number of hydrogen-bond donors (Lipinski definition) is 2. The first-order chi connectivity index (χ1) is 28.7. The van der Waals surface area contributed by atoms with E-state index in [-0.39, 0.29) is 47.6 Å². The molecule has 60 heavy (non-hydrogen) atoms. The first-order valence-corrected chi connectivity index (χ1v) is 23.6. The smallest absolute Gasteiger partial charge is 0.407 e. The summed E-state index contributed by atoms with van der Waals surface area (Å²) in [5, 5.41) is 14.8. The van der Waals surface area contributed by atoms with E-state index in [1.165, 1.54) is 18.1 Å². The van der Waals surface area contributed by atoms with E-state index < -0.39 is 25.8 Å². The highest BCUT2D eigenvalue weighted by Gasteiger charge is 2.44. The number of hydrogen-bond acceptors (Lipinski definition) is 10. The lowest BCUT2D eigenvalue weighted by Gasteiger charge is -2.40. The zero-order chi connectivity index (χ0) is 42.9. The van der Waals surface area contributed by atoms with Gasteiger partial charge in [0.25, 0.3) is 0 Å². The van der Waals surface area contributed by atoms with Crippen molar-refractivity contribution in [1.82, 2.24) is 30.1 Å². The molecular formula is C45H59F2N7O5Si. The molecule has 5 heterocycles. The van der Waals surface area contributed by atoms with Gasteiger partial charge in [-0.25, -0.2) is 13.6 Å². The average Bonchev–Trinajstić information content (AvgIpc) is 3.49. The minimum absolute atomic E-state index is 0.00554. The van der Waals surface area contributed by atoms with Crippen LogP contribution in [0.4, 0.5) is 19.4 Å². The summed E-state index contributed by atoms with van der Waals surface area (Å²) >= 11 is 0. The van der Waals surface area contributed by atoms with E-state index in [4.69, 9.17) is 29.2 Å². The Bertz CT molecular complexity index is 2240. The standard InChI is InChI=1S/C45H59F2N7O5Si/c1-27(2)60(28(3)4,29(5)6)18-13-35-38(46)12-9-31-19-34(59-26-57-8)20-36(39(31)35)41-40(47)42-37(21-49-41)43(53-23-32-10-11-33(24-53)54(32)45(55)56)51-44(50-42)58-25-30(7)22-52-16-14-48-15-17-52/h9,12,19-21,27-30,32-33,48H,10-11,14-17,22-26H2,1-8H3,(H,55,56)/t30-,32?,33?/m1/s1. The summed E-state index contributed by atoms with van der Waals surface area (Å²) in [7, 11) is -0.789. The van der Waals surface area contributed by atoms with Gasteiger partial charge in [-0.15, -0.1) is 5.54 Å². The summed E-state index contributed by atoms with van der Waals surface area (Å²) in [6, 6.07) is 6.03. The Morgan fingerprint density at radius 1 is 0.983 bits per heavy atom.